The number of para-hydroxylation sites is 1. The first-order chi connectivity index (χ1) is 17.3. The highest BCUT2D eigenvalue weighted by molar-refractivity contribution is 5.82. The quantitative estimate of drug-likeness (QED) is 0.286. The molecule has 180 valence electrons. The van der Waals surface area contributed by atoms with Gasteiger partial charge in [0.05, 0.1) is 25.9 Å². The zero-order valence-electron chi connectivity index (χ0n) is 20.1. The Hall–Kier alpha value is -3.18. The van der Waals surface area contributed by atoms with Crippen LogP contribution < -0.4 is 10.1 Å². The van der Waals surface area contributed by atoms with Gasteiger partial charge in [0, 0.05) is 12.5 Å². The van der Waals surface area contributed by atoms with E-state index in [1.807, 2.05) is 30.3 Å². The lowest BCUT2D eigenvalue weighted by atomic mass is 9.87. The van der Waals surface area contributed by atoms with E-state index in [0.29, 0.717) is 32.3 Å². The number of fused-ring (bicyclic) bond motifs is 1. The first kappa shape index (κ1) is 23.6. The SMILES string of the molecule is c1ccc(OCCOCc2ccc([C@@H]3CCNC[C@H]3OCc3ccc4ccccc4c3)cc2)cc1. The Morgan fingerprint density at radius 3 is 2.34 bits per heavy atom. The zero-order valence-corrected chi connectivity index (χ0v) is 20.1. The molecule has 2 atom stereocenters. The second kappa shape index (κ2) is 12.0. The molecule has 1 N–H and O–H groups in total. The highest BCUT2D eigenvalue weighted by Gasteiger charge is 2.27. The third-order valence-electron chi connectivity index (χ3n) is 6.62. The van der Waals surface area contributed by atoms with Crippen molar-refractivity contribution in [2.24, 2.45) is 0 Å². The monoisotopic (exact) mass is 467 g/mol. The summed E-state index contributed by atoms with van der Waals surface area (Å²) in [6.45, 7) is 4.23. The van der Waals surface area contributed by atoms with E-state index in [4.69, 9.17) is 14.2 Å². The number of ether oxygens (including phenoxy) is 3. The Balaban J connectivity index is 1.12. The van der Waals surface area contributed by atoms with Crippen LogP contribution in [0.1, 0.15) is 29.0 Å². The largest absolute Gasteiger partial charge is 0.491 e. The van der Waals surface area contributed by atoms with E-state index in [2.05, 4.69) is 72.0 Å². The van der Waals surface area contributed by atoms with Gasteiger partial charge in [-0.1, -0.05) is 78.9 Å². The van der Waals surface area contributed by atoms with Crippen molar-refractivity contribution in [3.05, 3.63) is 114 Å². The van der Waals surface area contributed by atoms with E-state index in [1.54, 1.807) is 0 Å². The van der Waals surface area contributed by atoms with Crippen molar-refractivity contribution in [3.8, 4) is 5.75 Å². The minimum atomic E-state index is 0.160. The molecular weight excluding hydrogens is 434 g/mol. The first-order valence-electron chi connectivity index (χ1n) is 12.5. The second-order valence-corrected chi connectivity index (χ2v) is 9.09. The molecule has 0 radical (unpaired) electrons. The molecule has 1 saturated heterocycles. The molecule has 4 nitrogen and oxygen atoms in total. The van der Waals surface area contributed by atoms with Crippen LogP contribution in [0.4, 0.5) is 0 Å². The van der Waals surface area contributed by atoms with Crippen LogP contribution in [0.25, 0.3) is 10.8 Å². The number of piperidine rings is 1. The summed E-state index contributed by atoms with van der Waals surface area (Å²) in [5.41, 5.74) is 3.74. The summed E-state index contributed by atoms with van der Waals surface area (Å²) >= 11 is 0. The average molecular weight is 468 g/mol. The van der Waals surface area contributed by atoms with E-state index in [-0.39, 0.29) is 6.10 Å². The van der Waals surface area contributed by atoms with E-state index in [0.717, 1.165) is 25.3 Å². The summed E-state index contributed by atoms with van der Waals surface area (Å²) in [5.74, 6) is 1.27. The van der Waals surface area contributed by atoms with E-state index in [1.165, 1.54) is 27.5 Å². The first-order valence-corrected chi connectivity index (χ1v) is 12.5. The fourth-order valence-electron chi connectivity index (χ4n) is 4.70. The lowest BCUT2D eigenvalue weighted by molar-refractivity contribution is 0.0106. The van der Waals surface area contributed by atoms with Crippen molar-refractivity contribution in [2.45, 2.75) is 31.7 Å². The topological polar surface area (TPSA) is 39.7 Å². The lowest BCUT2D eigenvalue weighted by Crippen LogP contribution is -2.40. The van der Waals surface area contributed by atoms with Crippen LogP contribution in [0.3, 0.4) is 0 Å². The van der Waals surface area contributed by atoms with Crippen LogP contribution in [-0.4, -0.2) is 32.4 Å². The van der Waals surface area contributed by atoms with Crippen LogP contribution in [0, 0.1) is 0 Å². The van der Waals surface area contributed by atoms with Crippen molar-refractivity contribution >= 4 is 10.8 Å². The molecule has 1 fully saturated rings. The van der Waals surface area contributed by atoms with Gasteiger partial charge in [-0.3, -0.25) is 0 Å². The highest BCUT2D eigenvalue weighted by atomic mass is 16.5. The third-order valence-corrected chi connectivity index (χ3v) is 6.62. The molecule has 4 heteroatoms. The van der Waals surface area contributed by atoms with Gasteiger partial charge in [0.1, 0.15) is 12.4 Å². The van der Waals surface area contributed by atoms with Gasteiger partial charge < -0.3 is 19.5 Å². The van der Waals surface area contributed by atoms with Crippen LogP contribution in [-0.2, 0) is 22.7 Å². The molecule has 0 saturated carbocycles. The molecule has 0 aliphatic carbocycles. The highest BCUT2D eigenvalue weighted by Crippen LogP contribution is 2.29. The molecule has 1 aliphatic heterocycles. The van der Waals surface area contributed by atoms with E-state index in [9.17, 15) is 0 Å². The van der Waals surface area contributed by atoms with Gasteiger partial charge in [0.25, 0.3) is 0 Å². The molecule has 1 aliphatic rings. The van der Waals surface area contributed by atoms with Crippen LogP contribution in [0.5, 0.6) is 5.75 Å². The van der Waals surface area contributed by atoms with Crippen molar-refractivity contribution in [1.29, 1.82) is 0 Å². The molecule has 0 spiro atoms. The van der Waals surface area contributed by atoms with Crippen molar-refractivity contribution in [1.82, 2.24) is 5.32 Å². The number of nitrogens with one attached hydrogen (secondary N) is 1. The fourth-order valence-corrected chi connectivity index (χ4v) is 4.70. The Kier molecular flexibility index (Phi) is 8.07. The van der Waals surface area contributed by atoms with Gasteiger partial charge >= 0.3 is 0 Å². The molecule has 1 heterocycles. The van der Waals surface area contributed by atoms with Crippen molar-refractivity contribution < 1.29 is 14.2 Å². The molecule has 35 heavy (non-hydrogen) atoms. The Morgan fingerprint density at radius 1 is 0.714 bits per heavy atom. The zero-order chi connectivity index (χ0) is 23.7. The molecule has 4 aromatic carbocycles. The van der Waals surface area contributed by atoms with Gasteiger partial charge in [-0.25, -0.2) is 0 Å². The standard InChI is InChI=1S/C31H33NO3/c1-2-8-29(9-3-1)34-19-18-33-22-24-10-14-27(15-11-24)30-16-17-32-21-31(30)35-23-25-12-13-26-6-4-5-7-28(26)20-25/h1-15,20,30-32H,16-19,21-23H2/t30-,31+/m0/s1. The van der Waals surface area contributed by atoms with E-state index < -0.39 is 0 Å². The summed E-state index contributed by atoms with van der Waals surface area (Å²) in [5, 5.41) is 6.03. The Morgan fingerprint density at radius 2 is 1.49 bits per heavy atom. The van der Waals surface area contributed by atoms with Gasteiger partial charge in [0.15, 0.2) is 0 Å². The predicted octanol–water partition coefficient (Wildman–Crippen LogP) is 6.10. The maximum atomic E-state index is 6.44. The second-order valence-electron chi connectivity index (χ2n) is 9.09. The van der Waals surface area contributed by atoms with Crippen molar-refractivity contribution in [2.75, 3.05) is 26.3 Å². The summed E-state index contributed by atoms with van der Waals surface area (Å²) < 4.78 is 17.9. The molecule has 0 bridgehead atoms. The van der Waals surface area contributed by atoms with Crippen LogP contribution in [0.2, 0.25) is 0 Å². The predicted molar refractivity (Wildman–Crippen MR) is 141 cm³/mol. The average Bonchev–Trinajstić information content (AvgIpc) is 2.93. The maximum Gasteiger partial charge on any atom is 0.119 e. The normalized spacial score (nSPS) is 17.9. The summed E-state index contributed by atoms with van der Waals surface area (Å²) in [4.78, 5) is 0. The molecule has 0 aromatic heterocycles. The number of hydrogen-bond acceptors (Lipinski definition) is 4. The maximum absolute atomic E-state index is 6.44. The third kappa shape index (κ3) is 6.49. The summed E-state index contributed by atoms with van der Waals surface area (Å²) in [6.07, 6.45) is 1.24. The molecule has 4 aromatic rings. The van der Waals surface area contributed by atoms with Gasteiger partial charge in [-0.15, -0.1) is 0 Å². The van der Waals surface area contributed by atoms with Gasteiger partial charge in [-0.05, 0) is 58.6 Å². The van der Waals surface area contributed by atoms with Crippen LogP contribution in [0.15, 0.2) is 97.1 Å². The molecule has 0 amide bonds. The molecule has 5 rings (SSSR count). The van der Waals surface area contributed by atoms with Crippen LogP contribution >= 0.6 is 0 Å². The van der Waals surface area contributed by atoms with E-state index >= 15 is 0 Å². The summed E-state index contributed by atoms with van der Waals surface area (Å²) in [6, 6.07) is 33.7. The fraction of sp³-hybridized carbons (Fsp3) is 0.290. The van der Waals surface area contributed by atoms with Gasteiger partial charge in [-0.2, -0.15) is 0 Å². The number of rotatable bonds is 10. The number of benzene rings is 4. The number of hydrogen-bond donors (Lipinski definition) is 1. The van der Waals surface area contributed by atoms with Gasteiger partial charge in [0.2, 0.25) is 0 Å². The Bertz CT molecular complexity index is 1190. The smallest absolute Gasteiger partial charge is 0.119 e. The minimum Gasteiger partial charge on any atom is -0.491 e. The van der Waals surface area contributed by atoms with Crippen molar-refractivity contribution in [3.63, 3.8) is 0 Å². The summed E-state index contributed by atoms with van der Waals surface area (Å²) in [7, 11) is 0. The minimum absolute atomic E-state index is 0.160. The molecule has 0 unspecified atom stereocenters. The Labute approximate surface area is 207 Å². The lowest BCUT2D eigenvalue weighted by Gasteiger charge is -2.32. The molecular formula is C31H33NO3.